The Hall–Kier alpha value is -2.28. The molecule has 0 amide bonds. The number of aromatic nitrogens is 2. The fraction of sp³-hybridized carbons (Fsp3) is 0.385. The minimum atomic E-state index is -0.443. The van der Waals surface area contributed by atoms with Crippen molar-refractivity contribution in [2.24, 2.45) is 5.73 Å². The monoisotopic (exact) mass is 276 g/mol. The highest BCUT2D eigenvalue weighted by Gasteiger charge is 2.18. The summed E-state index contributed by atoms with van der Waals surface area (Å²) in [5.41, 5.74) is 6.97. The van der Waals surface area contributed by atoms with Gasteiger partial charge in [-0.15, -0.1) is 0 Å². The zero-order chi connectivity index (χ0) is 14.7. The van der Waals surface area contributed by atoms with E-state index in [2.05, 4.69) is 10.1 Å². The van der Waals surface area contributed by atoms with Crippen molar-refractivity contribution in [2.75, 3.05) is 6.54 Å². The van der Waals surface area contributed by atoms with Gasteiger partial charge in [0.15, 0.2) is 0 Å². The van der Waals surface area contributed by atoms with E-state index in [0.717, 1.165) is 12.0 Å². The number of nitro groups is 1. The van der Waals surface area contributed by atoms with Gasteiger partial charge in [-0.05, 0) is 25.5 Å². The third-order valence-electron chi connectivity index (χ3n) is 3.14. The summed E-state index contributed by atoms with van der Waals surface area (Å²) in [6.07, 6.45) is 0.746. The molecule has 0 saturated heterocycles. The van der Waals surface area contributed by atoms with E-state index in [4.69, 9.17) is 10.3 Å². The smallest absolute Gasteiger partial charge is 0.270 e. The summed E-state index contributed by atoms with van der Waals surface area (Å²) in [6, 6.07) is 4.58. The van der Waals surface area contributed by atoms with E-state index in [-0.39, 0.29) is 11.6 Å². The van der Waals surface area contributed by atoms with Gasteiger partial charge in [0, 0.05) is 23.6 Å². The van der Waals surface area contributed by atoms with Crippen molar-refractivity contribution in [1.29, 1.82) is 0 Å². The molecule has 0 bridgehead atoms. The number of nitro benzene ring substituents is 1. The number of non-ortho nitro benzene ring substituents is 1. The molecule has 1 aromatic carbocycles. The van der Waals surface area contributed by atoms with E-state index in [1.807, 2.05) is 13.8 Å². The van der Waals surface area contributed by atoms with Crippen molar-refractivity contribution >= 4 is 5.69 Å². The molecule has 2 aromatic rings. The molecule has 1 aromatic heterocycles. The normalized spacial score (nSPS) is 12.3. The second-order valence-corrected chi connectivity index (χ2v) is 4.69. The predicted octanol–water partition coefficient (Wildman–Crippen LogP) is 2.41. The summed E-state index contributed by atoms with van der Waals surface area (Å²) >= 11 is 0. The molecule has 0 spiro atoms. The molecule has 0 radical (unpaired) electrons. The first-order valence-electron chi connectivity index (χ1n) is 6.32. The van der Waals surface area contributed by atoms with Crippen LogP contribution < -0.4 is 5.73 Å². The van der Waals surface area contributed by atoms with Gasteiger partial charge in [0.2, 0.25) is 11.7 Å². The molecule has 1 heterocycles. The quantitative estimate of drug-likeness (QED) is 0.663. The topological polar surface area (TPSA) is 108 Å². The van der Waals surface area contributed by atoms with Gasteiger partial charge in [-0.3, -0.25) is 10.1 Å². The summed E-state index contributed by atoms with van der Waals surface area (Å²) < 4.78 is 5.20. The molecule has 0 aliphatic carbocycles. The molecule has 1 atom stereocenters. The zero-order valence-electron chi connectivity index (χ0n) is 11.4. The number of benzene rings is 1. The molecule has 0 aliphatic heterocycles. The Morgan fingerprint density at radius 1 is 1.50 bits per heavy atom. The minimum absolute atomic E-state index is 0.00644. The molecule has 20 heavy (non-hydrogen) atoms. The molecular weight excluding hydrogens is 260 g/mol. The third-order valence-corrected chi connectivity index (χ3v) is 3.14. The Labute approximate surface area is 115 Å². The van der Waals surface area contributed by atoms with Gasteiger partial charge in [0.25, 0.3) is 5.69 Å². The van der Waals surface area contributed by atoms with E-state index in [0.29, 0.717) is 23.8 Å². The van der Waals surface area contributed by atoms with Crippen LogP contribution in [0.3, 0.4) is 0 Å². The van der Waals surface area contributed by atoms with Crippen LogP contribution in [0, 0.1) is 17.0 Å². The number of hydrogen-bond acceptors (Lipinski definition) is 6. The maximum atomic E-state index is 10.8. The van der Waals surface area contributed by atoms with Crippen LogP contribution in [0.2, 0.25) is 0 Å². The standard InChI is InChI=1S/C13H16N4O3/c1-8-3-4-10(17(18)19)7-11(8)12-15-13(20-16-12)9(2)5-6-14/h3-4,7,9H,5-6,14H2,1-2H3. The Morgan fingerprint density at radius 3 is 2.90 bits per heavy atom. The highest BCUT2D eigenvalue weighted by atomic mass is 16.6. The Morgan fingerprint density at radius 2 is 2.25 bits per heavy atom. The maximum absolute atomic E-state index is 10.8. The van der Waals surface area contributed by atoms with Gasteiger partial charge in [0.05, 0.1) is 4.92 Å². The van der Waals surface area contributed by atoms with E-state index in [1.165, 1.54) is 12.1 Å². The lowest BCUT2D eigenvalue weighted by molar-refractivity contribution is -0.384. The molecule has 0 saturated carbocycles. The molecule has 106 valence electrons. The molecular formula is C13H16N4O3. The molecule has 0 fully saturated rings. The van der Waals surface area contributed by atoms with E-state index >= 15 is 0 Å². The summed E-state index contributed by atoms with van der Waals surface area (Å²) in [5, 5.41) is 14.7. The number of nitrogens with two attached hydrogens (primary N) is 1. The van der Waals surface area contributed by atoms with Crippen molar-refractivity contribution in [2.45, 2.75) is 26.2 Å². The first-order valence-corrected chi connectivity index (χ1v) is 6.32. The van der Waals surface area contributed by atoms with E-state index in [9.17, 15) is 10.1 Å². The summed E-state index contributed by atoms with van der Waals surface area (Å²) in [5.74, 6) is 0.932. The third kappa shape index (κ3) is 2.83. The lowest BCUT2D eigenvalue weighted by Crippen LogP contribution is -2.04. The van der Waals surface area contributed by atoms with Crippen LogP contribution in [0.15, 0.2) is 22.7 Å². The number of hydrogen-bond donors (Lipinski definition) is 1. The summed E-state index contributed by atoms with van der Waals surface area (Å²) in [6.45, 7) is 4.33. The van der Waals surface area contributed by atoms with Gasteiger partial charge in [0.1, 0.15) is 0 Å². The second kappa shape index (κ2) is 5.79. The van der Waals surface area contributed by atoms with Crippen molar-refractivity contribution in [3.05, 3.63) is 39.8 Å². The van der Waals surface area contributed by atoms with Gasteiger partial charge in [-0.1, -0.05) is 18.1 Å². The highest BCUT2D eigenvalue weighted by molar-refractivity contribution is 5.63. The number of rotatable bonds is 5. The molecule has 1 unspecified atom stereocenters. The second-order valence-electron chi connectivity index (χ2n) is 4.69. The first-order chi connectivity index (χ1) is 9.52. The van der Waals surface area contributed by atoms with Gasteiger partial charge in [-0.2, -0.15) is 4.98 Å². The average Bonchev–Trinajstić information content (AvgIpc) is 2.88. The lowest BCUT2D eigenvalue weighted by atomic mass is 10.1. The fourth-order valence-electron chi connectivity index (χ4n) is 1.88. The largest absolute Gasteiger partial charge is 0.339 e. The summed E-state index contributed by atoms with van der Waals surface area (Å²) in [4.78, 5) is 14.7. The van der Waals surface area contributed by atoms with Crippen molar-refractivity contribution in [1.82, 2.24) is 10.1 Å². The minimum Gasteiger partial charge on any atom is -0.339 e. The van der Waals surface area contributed by atoms with Crippen LogP contribution in [-0.2, 0) is 0 Å². The lowest BCUT2D eigenvalue weighted by Gasteiger charge is -2.02. The maximum Gasteiger partial charge on any atom is 0.270 e. The van der Waals surface area contributed by atoms with Crippen LogP contribution in [0.5, 0.6) is 0 Å². The molecule has 2 N–H and O–H groups in total. The first kappa shape index (κ1) is 14.1. The van der Waals surface area contributed by atoms with Crippen molar-refractivity contribution in [3.63, 3.8) is 0 Å². The highest BCUT2D eigenvalue weighted by Crippen LogP contribution is 2.27. The Bertz CT molecular complexity index is 624. The van der Waals surface area contributed by atoms with Crippen molar-refractivity contribution < 1.29 is 9.45 Å². The van der Waals surface area contributed by atoms with Gasteiger partial charge < -0.3 is 10.3 Å². The number of aryl methyl sites for hydroxylation is 1. The molecule has 2 rings (SSSR count). The predicted molar refractivity (Wildman–Crippen MR) is 73.2 cm³/mol. The van der Waals surface area contributed by atoms with Gasteiger partial charge >= 0.3 is 0 Å². The van der Waals surface area contributed by atoms with Gasteiger partial charge in [-0.25, -0.2) is 0 Å². The van der Waals surface area contributed by atoms with Crippen LogP contribution >= 0.6 is 0 Å². The van der Waals surface area contributed by atoms with Crippen LogP contribution in [0.25, 0.3) is 11.4 Å². The fourth-order valence-corrected chi connectivity index (χ4v) is 1.88. The molecule has 7 nitrogen and oxygen atoms in total. The Kier molecular flexibility index (Phi) is 4.09. The zero-order valence-corrected chi connectivity index (χ0v) is 11.4. The Balaban J connectivity index is 2.36. The molecule has 7 heteroatoms. The molecule has 0 aliphatic rings. The number of nitrogens with zero attached hydrogens (tertiary/aromatic N) is 3. The van der Waals surface area contributed by atoms with Crippen LogP contribution in [-0.4, -0.2) is 21.6 Å². The average molecular weight is 276 g/mol. The van der Waals surface area contributed by atoms with E-state index in [1.54, 1.807) is 6.07 Å². The summed E-state index contributed by atoms with van der Waals surface area (Å²) in [7, 11) is 0. The van der Waals surface area contributed by atoms with E-state index < -0.39 is 4.92 Å². The van der Waals surface area contributed by atoms with Crippen LogP contribution in [0.1, 0.15) is 30.7 Å². The SMILES string of the molecule is Cc1ccc([N+](=O)[O-])cc1-c1noc(C(C)CCN)n1. The van der Waals surface area contributed by atoms with Crippen LogP contribution in [0.4, 0.5) is 5.69 Å². The van der Waals surface area contributed by atoms with Crippen molar-refractivity contribution in [3.8, 4) is 11.4 Å².